The molecule has 1 aliphatic heterocycles. The largest absolute Gasteiger partial charge is 0.506 e. The summed E-state index contributed by atoms with van der Waals surface area (Å²) in [6.45, 7) is 4.21. The molecule has 0 fully saturated rings. The Balaban J connectivity index is 2.26. The minimum absolute atomic E-state index is 0.0733. The van der Waals surface area contributed by atoms with Crippen molar-refractivity contribution in [1.29, 1.82) is 0 Å². The van der Waals surface area contributed by atoms with Gasteiger partial charge < -0.3 is 25.6 Å². The van der Waals surface area contributed by atoms with Crippen LogP contribution in [0.5, 0.6) is 11.5 Å². The van der Waals surface area contributed by atoms with E-state index >= 15 is 0 Å². The van der Waals surface area contributed by atoms with Crippen molar-refractivity contribution in [3.05, 3.63) is 17.7 Å². The maximum Gasteiger partial charge on any atom is 0.262 e. The van der Waals surface area contributed by atoms with Crippen molar-refractivity contribution >= 4 is 11.6 Å². The Kier molecular flexibility index (Phi) is 3.92. The van der Waals surface area contributed by atoms with Gasteiger partial charge in [0.1, 0.15) is 11.4 Å². The van der Waals surface area contributed by atoms with Crippen LogP contribution in [0, 0.1) is 0 Å². The predicted octanol–water partition coefficient (Wildman–Crippen LogP) is 0.754. The molecule has 0 radical (unpaired) electrons. The van der Waals surface area contributed by atoms with Crippen molar-refractivity contribution < 1.29 is 19.7 Å². The Morgan fingerprint density at radius 3 is 2.89 bits per heavy atom. The monoisotopic (exact) mass is 266 g/mol. The second-order valence-electron chi connectivity index (χ2n) is 4.79. The number of rotatable bonds is 4. The Morgan fingerprint density at radius 2 is 2.21 bits per heavy atom. The Labute approximate surface area is 111 Å². The smallest absolute Gasteiger partial charge is 0.262 e. The van der Waals surface area contributed by atoms with Gasteiger partial charge in [0, 0.05) is 18.2 Å². The van der Waals surface area contributed by atoms with E-state index in [0.717, 1.165) is 0 Å². The number of phenolic OH excluding ortho intramolecular Hbond substituents is 1. The quantitative estimate of drug-likeness (QED) is 0.604. The molecule has 1 aliphatic rings. The average Bonchev–Trinajstić information content (AvgIpc) is 2.37. The van der Waals surface area contributed by atoms with E-state index in [2.05, 4.69) is 10.6 Å². The number of ether oxygens (including phenoxy) is 1. The van der Waals surface area contributed by atoms with Crippen molar-refractivity contribution in [2.24, 2.45) is 0 Å². The molecule has 4 N–H and O–H groups in total. The third-order valence-electron chi connectivity index (χ3n) is 2.86. The standard InChI is InChI=1S/C13H18N2O4/c1-7(2)14-5-10(17)8-3-4-9(16)12-13(8)19-6-11(18)15-12/h3-4,7,10,14,16-17H,5-6H2,1-2H3,(H,15,18). The molecule has 0 bridgehead atoms. The first-order valence-corrected chi connectivity index (χ1v) is 6.19. The van der Waals surface area contributed by atoms with Crippen molar-refractivity contribution in [2.45, 2.75) is 26.0 Å². The molecule has 104 valence electrons. The van der Waals surface area contributed by atoms with E-state index in [0.29, 0.717) is 17.9 Å². The van der Waals surface area contributed by atoms with E-state index in [1.807, 2.05) is 13.8 Å². The average molecular weight is 266 g/mol. The van der Waals surface area contributed by atoms with Crippen LogP contribution in [0.1, 0.15) is 25.5 Å². The summed E-state index contributed by atoms with van der Waals surface area (Å²) in [4.78, 5) is 11.3. The lowest BCUT2D eigenvalue weighted by atomic mass is 10.0. The first kappa shape index (κ1) is 13.6. The van der Waals surface area contributed by atoms with E-state index < -0.39 is 6.10 Å². The fourth-order valence-corrected chi connectivity index (χ4v) is 1.90. The zero-order chi connectivity index (χ0) is 14.0. The van der Waals surface area contributed by atoms with Crippen LogP contribution in [0.3, 0.4) is 0 Å². The zero-order valence-corrected chi connectivity index (χ0v) is 10.9. The summed E-state index contributed by atoms with van der Waals surface area (Å²) in [5.74, 6) is -0.0665. The van der Waals surface area contributed by atoms with Gasteiger partial charge in [0.25, 0.3) is 5.91 Å². The second-order valence-corrected chi connectivity index (χ2v) is 4.79. The summed E-state index contributed by atoms with van der Waals surface area (Å²) >= 11 is 0. The number of aliphatic hydroxyl groups is 1. The third kappa shape index (κ3) is 2.97. The summed E-state index contributed by atoms with van der Waals surface area (Å²) in [7, 11) is 0. The van der Waals surface area contributed by atoms with Gasteiger partial charge in [0.2, 0.25) is 0 Å². The molecule has 19 heavy (non-hydrogen) atoms. The molecule has 2 rings (SSSR count). The molecule has 1 amide bonds. The van der Waals surface area contributed by atoms with Gasteiger partial charge in [-0.2, -0.15) is 0 Å². The van der Waals surface area contributed by atoms with Crippen LogP contribution in [0.2, 0.25) is 0 Å². The maximum atomic E-state index is 11.3. The minimum atomic E-state index is -0.772. The molecule has 6 heteroatoms. The number of carbonyl (C=O) groups is 1. The number of amides is 1. The molecular weight excluding hydrogens is 248 g/mol. The number of benzene rings is 1. The van der Waals surface area contributed by atoms with Crippen LogP contribution >= 0.6 is 0 Å². The number of anilines is 1. The number of hydrogen-bond acceptors (Lipinski definition) is 5. The van der Waals surface area contributed by atoms with Gasteiger partial charge in [-0.1, -0.05) is 13.8 Å². The van der Waals surface area contributed by atoms with E-state index in [1.54, 1.807) is 6.07 Å². The SMILES string of the molecule is CC(C)NCC(O)c1ccc(O)c2c1OCC(=O)N2. The van der Waals surface area contributed by atoms with Crippen LogP contribution in [-0.2, 0) is 4.79 Å². The van der Waals surface area contributed by atoms with Gasteiger partial charge in [0.05, 0.1) is 6.10 Å². The molecular formula is C13H18N2O4. The molecule has 1 aromatic rings. The third-order valence-corrected chi connectivity index (χ3v) is 2.86. The fraction of sp³-hybridized carbons (Fsp3) is 0.462. The Morgan fingerprint density at radius 1 is 1.47 bits per heavy atom. The molecule has 0 spiro atoms. The summed E-state index contributed by atoms with van der Waals surface area (Å²) in [5.41, 5.74) is 0.762. The second kappa shape index (κ2) is 5.46. The van der Waals surface area contributed by atoms with E-state index in [4.69, 9.17) is 4.74 Å². The van der Waals surface area contributed by atoms with Crippen molar-refractivity contribution in [1.82, 2.24) is 5.32 Å². The topological polar surface area (TPSA) is 90.8 Å². The van der Waals surface area contributed by atoms with Gasteiger partial charge in [0.15, 0.2) is 12.4 Å². The van der Waals surface area contributed by atoms with Gasteiger partial charge in [-0.25, -0.2) is 0 Å². The fourth-order valence-electron chi connectivity index (χ4n) is 1.90. The number of fused-ring (bicyclic) bond motifs is 1. The Bertz CT molecular complexity index is 488. The molecule has 1 unspecified atom stereocenters. The van der Waals surface area contributed by atoms with Gasteiger partial charge in [-0.05, 0) is 12.1 Å². The number of aromatic hydroxyl groups is 1. The van der Waals surface area contributed by atoms with E-state index in [-0.39, 0.29) is 30.0 Å². The van der Waals surface area contributed by atoms with Crippen molar-refractivity contribution in [3.8, 4) is 11.5 Å². The van der Waals surface area contributed by atoms with E-state index in [9.17, 15) is 15.0 Å². The van der Waals surface area contributed by atoms with Crippen molar-refractivity contribution in [3.63, 3.8) is 0 Å². The zero-order valence-electron chi connectivity index (χ0n) is 10.9. The molecule has 1 aromatic carbocycles. The summed E-state index contributed by atoms with van der Waals surface area (Å²) in [5, 5.41) is 25.5. The molecule has 0 aliphatic carbocycles. The van der Waals surface area contributed by atoms with Crippen LogP contribution in [-0.4, -0.2) is 35.3 Å². The summed E-state index contributed by atoms with van der Waals surface area (Å²) in [6.07, 6.45) is -0.772. The molecule has 1 heterocycles. The Hall–Kier alpha value is -1.79. The van der Waals surface area contributed by atoms with Crippen LogP contribution in [0.25, 0.3) is 0 Å². The number of carbonyl (C=O) groups excluding carboxylic acids is 1. The normalized spacial score (nSPS) is 15.7. The molecule has 6 nitrogen and oxygen atoms in total. The maximum absolute atomic E-state index is 11.3. The van der Waals surface area contributed by atoms with Crippen molar-refractivity contribution in [2.75, 3.05) is 18.5 Å². The molecule has 0 saturated carbocycles. The van der Waals surface area contributed by atoms with Gasteiger partial charge in [-0.3, -0.25) is 4.79 Å². The lowest BCUT2D eigenvalue weighted by molar-refractivity contribution is -0.118. The minimum Gasteiger partial charge on any atom is -0.506 e. The predicted molar refractivity (Wildman–Crippen MR) is 70.3 cm³/mol. The van der Waals surface area contributed by atoms with E-state index in [1.165, 1.54) is 6.07 Å². The summed E-state index contributed by atoms with van der Waals surface area (Å²) in [6, 6.07) is 3.28. The number of aliphatic hydroxyl groups excluding tert-OH is 1. The molecule has 1 atom stereocenters. The number of nitrogens with one attached hydrogen (secondary N) is 2. The highest BCUT2D eigenvalue weighted by Crippen LogP contribution is 2.41. The lowest BCUT2D eigenvalue weighted by Crippen LogP contribution is -2.30. The first-order chi connectivity index (χ1) is 8.99. The first-order valence-electron chi connectivity index (χ1n) is 6.19. The summed E-state index contributed by atoms with van der Waals surface area (Å²) < 4.78 is 5.32. The highest BCUT2D eigenvalue weighted by molar-refractivity contribution is 5.97. The van der Waals surface area contributed by atoms with Crippen LogP contribution in [0.4, 0.5) is 5.69 Å². The van der Waals surface area contributed by atoms with Gasteiger partial charge in [-0.15, -0.1) is 0 Å². The number of phenols is 1. The van der Waals surface area contributed by atoms with Gasteiger partial charge >= 0.3 is 0 Å². The lowest BCUT2D eigenvalue weighted by Gasteiger charge is -2.24. The van der Waals surface area contributed by atoms with Crippen LogP contribution < -0.4 is 15.4 Å². The highest BCUT2D eigenvalue weighted by atomic mass is 16.5. The molecule has 0 aromatic heterocycles. The highest BCUT2D eigenvalue weighted by Gasteiger charge is 2.25. The number of hydrogen-bond donors (Lipinski definition) is 4. The molecule has 0 saturated heterocycles. The van der Waals surface area contributed by atoms with Crippen LogP contribution in [0.15, 0.2) is 12.1 Å².